The molecular formula is C30H57BrN4O13. The van der Waals surface area contributed by atoms with Gasteiger partial charge in [0.2, 0.25) is 17.7 Å². The predicted octanol–water partition coefficient (Wildman–Crippen LogP) is -0.775. The van der Waals surface area contributed by atoms with Gasteiger partial charge in [-0.05, 0) is 19.3 Å². The Morgan fingerprint density at radius 1 is 0.500 bits per heavy atom. The summed E-state index contributed by atoms with van der Waals surface area (Å²) in [6.07, 6.45) is 2.18. The molecule has 282 valence electrons. The minimum absolute atomic E-state index is 0.0759. The zero-order valence-corrected chi connectivity index (χ0v) is 29.6. The van der Waals surface area contributed by atoms with Crippen molar-refractivity contribution in [1.29, 1.82) is 0 Å². The molecule has 0 spiro atoms. The molecule has 3 amide bonds. The Morgan fingerprint density at radius 3 is 1.21 bits per heavy atom. The molecule has 1 atom stereocenters. The van der Waals surface area contributed by atoms with Crippen molar-refractivity contribution >= 4 is 39.6 Å². The normalized spacial score (nSPS) is 11.7. The maximum Gasteiger partial charge on any atom is 0.320 e. The van der Waals surface area contributed by atoms with Crippen LogP contribution in [0.25, 0.3) is 0 Å². The molecular weight excluding hydrogens is 704 g/mol. The highest BCUT2D eigenvalue weighted by atomic mass is 79.9. The van der Waals surface area contributed by atoms with Crippen LogP contribution in [0.15, 0.2) is 0 Å². The van der Waals surface area contributed by atoms with Crippen molar-refractivity contribution in [3.63, 3.8) is 0 Å². The van der Waals surface area contributed by atoms with Crippen molar-refractivity contribution in [3.05, 3.63) is 0 Å². The first-order chi connectivity index (χ1) is 23.4. The van der Waals surface area contributed by atoms with Gasteiger partial charge in [0, 0.05) is 32.5 Å². The Morgan fingerprint density at radius 2 is 0.833 bits per heavy atom. The zero-order chi connectivity index (χ0) is 35.3. The van der Waals surface area contributed by atoms with Gasteiger partial charge in [0.1, 0.15) is 6.04 Å². The highest BCUT2D eigenvalue weighted by Crippen LogP contribution is 1.98. The first-order valence-corrected chi connectivity index (χ1v) is 17.4. The number of hydrogen-bond acceptors (Lipinski definition) is 13. The van der Waals surface area contributed by atoms with Crippen molar-refractivity contribution in [1.82, 2.24) is 16.0 Å². The third kappa shape index (κ3) is 35.3. The molecule has 0 aliphatic rings. The Hall–Kier alpha value is -2.00. The van der Waals surface area contributed by atoms with Gasteiger partial charge >= 0.3 is 5.97 Å². The summed E-state index contributed by atoms with van der Waals surface area (Å²) in [4.78, 5) is 45.2. The number of nitrogens with one attached hydrogen (secondary N) is 3. The number of carboxylic acid groups (broad SMARTS) is 1. The lowest BCUT2D eigenvalue weighted by Gasteiger charge is -2.09. The fourth-order valence-corrected chi connectivity index (χ4v) is 3.64. The lowest BCUT2D eigenvalue weighted by atomic mass is 10.1. The summed E-state index contributed by atoms with van der Waals surface area (Å²) in [5.74, 6) is -1.33. The quantitative estimate of drug-likeness (QED) is 0.0387. The molecule has 17 nitrogen and oxygen atoms in total. The molecule has 0 aromatic rings. The third-order valence-electron chi connectivity index (χ3n) is 6.02. The highest BCUT2D eigenvalue weighted by Gasteiger charge is 2.10. The van der Waals surface area contributed by atoms with Crippen LogP contribution in [0.3, 0.4) is 0 Å². The molecule has 0 unspecified atom stereocenters. The monoisotopic (exact) mass is 760 g/mol. The van der Waals surface area contributed by atoms with E-state index in [4.69, 9.17) is 48.7 Å². The second kappa shape index (κ2) is 36.3. The number of carboxylic acids is 1. The van der Waals surface area contributed by atoms with Gasteiger partial charge in [0.25, 0.3) is 0 Å². The van der Waals surface area contributed by atoms with Gasteiger partial charge in [-0.2, -0.15) is 0 Å². The number of alkyl halides is 1. The van der Waals surface area contributed by atoms with Crippen molar-refractivity contribution in [2.24, 2.45) is 5.73 Å². The van der Waals surface area contributed by atoms with Gasteiger partial charge < -0.3 is 64.7 Å². The number of rotatable bonds is 37. The molecule has 0 bridgehead atoms. The van der Waals surface area contributed by atoms with Crippen molar-refractivity contribution in [2.45, 2.75) is 38.1 Å². The van der Waals surface area contributed by atoms with E-state index >= 15 is 0 Å². The summed E-state index contributed by atoms with van der Waals surface area (Å²) in [6.45, 7) is 7.69. The van der Waals surface area contributed by atoms with E-state index in [0.717, 1.165) is 0 Å². The number of aliphatic carboxylic acids is 1. The summed E-state index contributed by atoms with van der Waals surface area (Å²) < 4.78 is 43.2. The van der Waals surface area contributed by atoms with Crippen LogP contribution in [-0.4, -0.2) is 166 Å². The molecule has 0 heterocycles. The van der Waals surface area contributed by atoms with E-state index in [2.05, 4.69) is 31.9 Å². The lowest BCUT2D eigenvalue weighted by molar-refractivity contribution is -0.138. The number of carbonyl (C=O) groups is 4. The van der Waals surface area contributed by atoms with Gasteiger partial charge in [-0.1, -0.05) is 15.9 Å². The first kappa shape index (κ1) is 46.0. The van der Waals surface area contributed by atoms with E-state index in [9.17, 15) is 19.2 Å². The van der Waals surface area contributed by atoms with Gasteiger partial charge in [-0.3, -0.25) is 19.2 Å². The minimum atomic E-state index is -1.02. The number of unbranched alkanes of at least 4 members (excludes halogenated alkanes) is 1. The standard InChI is InChI=1S/C30H57BrN4O13/c31-25-29(38)35-8-12-44-16-20-48-24-22-46-18-14-42-10-5-28(37)34-7-11-43-15-19-47-23-21-45-17-13-41-9-4-27(36)33-6-2-1-3-26(32)30(39)40/h26H,1-25,32H2,(H,33,36)(H,34,37)(H,35,38)(H,39,40)/t26-/m0/s1. The van der Waals surface area contributed by atoms with Crippen LogP contribution in [-0.2, 0) is 57.1 Å². The number of halogens is 1. The number of hydrogen-bond donors (Lipinski definition) is 5. The maximum absolute atomic E-state index is 11.8. The molecule has 6 N–H and O–H groups in total. The number of carbonyl (C=O) groups excluding carboxylic acids is 3. The largest absolute Gasteiger partial charge is 0.480 e. The SMILES string of the molecule is N[C@@H](CCCCNC(=O)CCOCCOCCOCCOCCNC(=O)CCOCCOCCOCCOCCNC(=O)CBr)C(=O)O. The van der Waals surface area contributed by atoms with E-state index in [1.807, 2.05) is 0 Å². The molecule has 18 heteroatoms. The van der Waals surface area contributed by atoms with E-state index in [1.54, 1.807) is 0 Å². The van der Waals surface area contributed by atoms with Crippen LogP contribution in [0.4, 0.5) is 0 Å². The van der Waals surface area contributed by atoms with E-state index in [0.29, 0.717) is 138 Å². The second-order valence-electron chi connectivity index (χ2n) is 10.0. The second-order valence-corrected chi connectivity index (χ2v) is 10.6. The molecule has 0 aliphatic heterocycles. The van der Waals surface area contributed by atoms with E-state index in [1.165, 1.54) is 0 Å². The fraction of sp³-hybridized carbons (Fsp3) is 0.867. The highest BCUT2D eigenvalue weighted by molar-refractivity contribution is 9.09. The maximum atomic E-state index is 11.8. The van der Waals surface area contributed by atoms with Crippen LogP contribution in [0, 0.1) is 0 Å². The molecule has 0 aromatic carbocycles. The molecule has 0 aromatic heterocycles. The molecule has 0 aliphatic carbocycles. The molecule has 48 heavy (non-hydrogen) atoms. The van der Waals surface area contributed by atoms with Crippen molar-refractivity contribution in [2.75, 3.05) is 131 Å². The summed E-state index contributed by atoms with van der Waals surface area (Å²) >= 11 is 3.07. The summed E-state index contributed by atoms with van der Waals surface area (Å²) in [7, 11) is 0. The van der Waals surface area contributed by atoms with Gasteiger partial charge in [0.15, 0.2) is 0 Å². The van der Waals surface area contributed by atoms with Crippen LogP contribution in [0.1, 0.15) is 32.1 Å². The van der Waals surface area contributed by atoms with E-state index < -0.39 is 12.0 Å². The number of ether oxygens (including phenoxy) is 8. The minimum Gasteiger partial charge on any atom is -0.480 e. The van der Waals surface area contributed by atoms with Gasteiger partial charge in [-0.25, -0.2) is 0 Å². The summed E-state index contributed by atoms with van der Waals surface area (Å²) in [6, 6.07) is -0.859. The third-order valence-corrected chi connectivity index (χ3v) is 6.53. The average molecular weight is 762 g/mol. The summed E-state index contributed by atoms with van der Waals surface area (Å²) in [5.41, 5.74) is 5.42. The molecule has 0 radical (unpaired) electrons. The van der Waals surface area contributed by atoms with Crippen LogP contribution >= 0.6 is 15.9 Å². The first-order valence-electron chi connectivity index (χ1n) is 16.3. The van der Waals surface area contributed by atoms with Crippen LogP contribution < -0.4 is 21.7 Å². The predicted molar refractivity (Wildman–Crippen MR) is 178 cm³/mol. The molecule has 0 fully saturated rings. The van der Waals surface area contributed by atoms with Crippen molar-refractivity contribution in [3.8, 4) is 0 Å². The fourth-order valence-electron chi connectivity index (χ4n) is 3.44. The van der Waals surface area contributed by atoms with E-state index in [-0.39, 0.29) is 42.5 Å². The zero-order valence-electron chi connectivity index (χ0n) is 28.1. The smallest absolute Gasteiger partial charge is 0.320 e. The van der Waals surface area contributed by atoms with Gasteiger partial charge in [0.05, 0.1) is 111 Å². The number of nitrogens with two attached hydrogens (primary N) is 1. The van der Waals surface area contributed by atoms with Crippen LogP contribution in [0.2, 0.25) is 0 Å². The Bertz CT molecular complexity index is 802. The molecule has 0 saturated heterocycles. The summed E-state index contributed by atoms with van der Waals surface area (Å²) in [5, 5.41) is 17.2. The number of amides is 3. The molecule has 0 rings (SSSR count). The average Bonchev–Trinajstić information content (AvgIpc) is 3.07. The van der Waals surface area contributed by atoms with Crippen LogP contribution in [0.5, 0.6) is 0 Å². The Balaban J connectivity index is 3.25. The molecule has 0 saturated carbocycles. The van der Waals surface area contributed by atoms with Crippen molar-refractivity contribution < 1.29 is 62.2 Å². The Kier molecular flexibility index (Phi) is 34.8. The van der Waals surface area contributed by atoms with Gasteiger partial charge in [-0.15, -0.1) is 0 Å². The topological polar surface area (TPSA) is 224 Å². The lowest BCUT2D eigenvalue weighted by Crippen LogP contribution is -2.30. The Labute approximate surface area is 292 Å².